The molecule has 0 atom stereocenters. The Labute approximate surface area is 253 Å². The molecule has 3 aromatic heterocycles. The number of allylic oxidation sites excluding steroid dienone is 1. The first kappa shape index (κ1) is 30.6. The average molecular weight is 585 g/mol. The number of pyridine rings is 1. The summed E-state index contributed by atoms with van der Waals surface area (Å²) in [7, 11) is 0. The van der Waals surface area contributed by atoms with Gasteiger partial charge in [-0.2, -0.15) is 4.98 Å². The van der Waals surface area contributed by atoms with Crippen molar-refractivity contribution in [1.29, 1.82) is 0 Å². The van der Waals surface area contributed by atoms with Crippen molar-refractivity contribution in [3.05, 3.63) is 82.4 Å². The highest BCUT2D eigenvalue weighted by Gasteiger charge is 2.22. The summed E-state index contributed by atoms with van der Waals surface area (Å²) >= 11 is 0. The van der Waals surface area contributed by atoms with Crippen LogP contribution in [-0.2, 0) is 25.1 Å². The van der Waals surface area contributed by atoms with E-state index in [1.807, 2.05) is 19.9 Å². The Morgan fingerprint density at radius 1 is 1.02 bits per heavy atom. The lowest BCUT2D eigenvalue weighted by Crippen LogP contribution is -2.37. The van der Waals surface area contributed by atoms with Crippen molar-refractivity contribution in [2.24, 2.45) is 0 Å². The molecule has 0 aliphatic carbocycles. The fraction of sp³-hybridized carbons (Fsp3) is 0.455. The molecule has 0 bridgehead atoms. The maximum atomic E-state index is 13.3. The molecule has 0 amide bonds. The van der Waals surface area contributed by atoms with Gasteiger partial charge in [0.05, 0.1) is 12.2 Å². The normalized spacial score (nSPS) is 15.7. The van der Waals surface area contributed by atoms with Crippen molar-refractivity contribution >= 4 is 22.7 Å². The van der Waals surface area contributed by atoms with Crippen LogP contribution in [0.2, 0.25) is 0 Å². The van der Waals surface area contributed by atoms with Gasteiger partial charge in [0.15, 0.2) is 11.5 Å². The van der Waals surface area contributed by atoms with Gasteiger partial charge >= 0.3 is 0 Å². The predicted octanol–water partition coefficient (Wildman–Crippen LogP) is 4.61. The number of likely N-dealkylation sites (tertiary alicyclic amines) is 1. The number of nitrogens with one attached hydrogen (secondary N) is 1. The number of hydrogen-bond donors (Lipinski definition) is 2. The molecule has 228 valence electrons. The zero-order valence-electron chi connectivity index (χ0n) is 25.9. The van der Waals surface area contributed by atoms with Crippen molar-refractivity contribution in [2.75, 3.05) is 38.0 Å². The van der Waals surface area contributed by atoms with Crippen LogP contribution in [0.3, 0.4) is 0 Å². The van der Waals surface area contributed by atoms with Gasteiger partial charge in [0, 0.05) is 38.1 Å². The Bertz CT molecular complexity index is 1630. The Morgan fingerprint density at radius 3 is 2.53 bits per heavy atom. The molecule has 1 fully saturated rings. The van der Waals surface area contributed by atoms with Crippen LogP contribution in [0.1, 0.15) is 57.4 Å². The molecule has 10 nitrogen and oxygen atoms in total. The largest absolute Gasteiger partial charge is 0.384 e. The number of hydrogen-bond acceptors (Lipinski definition) is 8. The second-order valence-corrected chi connectivity index (χ2v) is 11.5. The maximum Gasteiger partial charge on any atom is 0.278 e. The van der Waals surface area contributed by atoms with Gasteiger partial charge in [-0.25, -0.2) is 19.3 Å². The summed E-state index contributed by atoms with van der Waals surface area (Å²) in [6.45, 7) is 18.2. The lowest BCUT2D eigenvalue weighted by molar-refractivity contribution is 0.0738. The molecular formula is C33H44N8O2. The lowest BCUT2D eigenvalue weighted by atomic mass is 9.99. The van der Waals surface area contributed by atoms with Crippen LogP contribution in [0, 0.1) is 0 Å². The third-order valence-electron chi connectivity index (χ3n) is 8.04. The van der Waals surface area contributed by atoms with Crippen molar-refractivity contribution in [3.8, 4) is 5.82 Å². The summed E-state index contributed by atoms with van der Waals surface area (Å²) in [6.07, 6.45) is 6.92. The van der Waals surface area contributed by atoms with Gasteiger partial charge in [-0.15, -0.1) is 6.58 Å². The molecule has 5 heterocycles. The Kier molecular flexibility index (Phi) is 9.39. The van der Waals surface area contributed by atoms with Gasteiger partial charge in [0.2, 0.25) is 5.95 Å². The van der Waals surface area contributed by atoms with E-state index in [9.17, 15) is 9.90 Å². The molecule has 4 aromatic rings. The molecular weight excluding hydrogens is 540 g/mol. The summed E-state index contributed by atoms with van der Waals surface area (Å²) in [5.74, 6) is 0.869. The Morgan fingerprint density at radius 2 is 1.79 bits per heavy atom. The standard InChI is InChI=1S/C31H38N8O2.C2H6/c1-4-13-38-29(40)25-20-32-30(35-28(25)39(38)27-9-7-8-26(34-27)31(2,3)41)33-24-11-10-22-12-16-37(21-23(22)19-24)18-17-36-14-5-6-15-36;1-2/h4,7-11,19-20,41H,1,5-6,12-18,21H2,2-3H3,(H,32,33,35);1-2H3. The van der Waals surface area contributed by atoms with Crippen molar-refractivity contribution in [1.82, 2.24) is 34.1 Å². The summed E-state index contributed by atoms with van der Waals surface area (Å²) in [5, 5.41) is 14.3. The zero-order valence-corrected chi connectivity index (χ0v) is 25.9. The first-order chi connectivity index (χ1) is 20.8. The van der Waals surface area contributed by atoms with Crippen molar-refractivity contribution in [2.45, 2.75) is 65.6 Å². The highest BCUT2D eigenvalue weighted by molar-refractivity contribution is 5.77. The zero-order chi connectivity index (χ0) is 30.6. The van der Waals surface area contributed by atoms with Crippen LogP contribution in [0.5, 0.6) is 0 Å². The Hall–Kier alpha value is -3.86. The molecule has 1 aromatic carbocycles. The van der Waals surface area contributed by atoms with E-state index in [0.717, 1.165) is 38.3 Å². The van der Waals surface area contributed by atoms with Crippen LogP contribution in [0.4, 0.5) is 11.6 Å². The number of fused-ring (bicyclic) bond motifs is 2. The monoisotopic (exact) mass is 584 g/mol. The van der Waals surface area contributed by atoms with E-state index in [2.05, 4.69) is 49.9 Å². The van der Waals surface area contributed by atoms with Crippen LogP contribution in [0.15, 0.2) is 60.0 Å². The van der Waals surface area contributed by atoms with E-state index in [-0.39, 0.29) is 12.1 Å². The molecule has 0 saturated carbocycles. The fourth-order valence-electron chi connectivity index (χ4n) is 5.79. The second kappa shape index (κ2) is 13.2. The molecule has 0 spiro atoms. The minimum absolute atomic E-state index is 0.232. The summed E-state index contributed by atoms with van der Waals surface area (Å²) in [5.41, 5.74) is 3.17. The van der Waals surface area contributed by atoms with Crippen LogP contribution >= 0.6 is 0 Å². The van der Waals surface area contributed by atoms with Gasteiger partial charge < -0.3 is 15.3 Å². The molecule has 2 aliphatic heterocycles. The first-order valence-corrected chi connectivity index (χ1v) is 15.4. The van der Waals surface area contributed by atoms with E-state index >= 15 is 0 Å². The van der Waals surface area contributed by atoms with Crippen LogP contribution < -0.4 is 10.9 Å². The highest BCUT2D eigenvalue weighted by atomic mass is 16.3. The van der Waals surface area contributed by atoms with Crippen molar-refractivity contribution in [3.63, 3.8) is 0 Å². The summed E-state index contributed by atoms with van der Waals surface area (Å²) < 4.78 is 3.20. The third kappa shape index (κ3) is 6.71. The molecule has 10 heteroatoms. The second-order valence-electron chi connectivity index (χ2n) is 11.5. The number of anilines is 2. The minimum Gasteiger partial charge on any atom is -0.384 e. The number of aliphatic hydroxyl groups is 1. The third-order valence-corrected chi connectivity index (χ3v) is 8.04. The van der Waals surface area contributed by atoms with Gasteiger partial charge in [0.1, 0.15) is 11.0 Å². The highest BCUT2D eigenvalue weighted by Crippen LogP contribution is 2.25. The summed E-state index contributed by atoms with van der Waals surface area (Å²) in [6, 6.07) is 11.8. The quantitative estimate of drug-likeness (QED) is 0.275. The number of aromatic nitrogens is 5. The smallest absolute Gasteiger partial charge is 0.278 e. The van der Waals surface area contributed by atoms with E-state index in [0.29, 0.717) is 28.5 Å². The number of rotatable bonds is 9. The van der Waals surface area contributed by atoms with Gasteiger partial charge in [0.25, 0.3) is 5.56 Å². The molecule has 1 saturated heterocycles. The van der Waals surface area contributed by atoms with Gasteiger partial charge in [-0.3, -0.25) is 9.69 Å². The molecule has 0 unspecified atom stereocenters. The van der Waals surface area contributed by atoms with Crippen molar-refractivity contribution < 1.29 is 5.11 Å². The fourth-order valence-corrected chi connectivity index (χ4v) is 5.79. The van der Waals surface area contributed by atoms with E-state index in [1.165, 1.54) is 41.7 Å². The Balaban J connectivity index is 0.00000180. The number of nitrogens with zero attached hydrogens (tertiary/aromatic N) is 7. The molecule has 2 aliphatic rings. The van der Waals surface area contributed by atoms with Gasteiger partial charge in [-0.05, 0) is 81.6 Å². The first-order valence-electron chi connectivity index (χ1n) is 15.4. The minimum atomic E-state index is -1.14. The van der Waals surface area contributed by atoms with Crippen LogP contribution in [-0.4, -0.2) is 71.9 Å². The molecule has 2 N–H and O–H groups in total. The van der Waals surface area contributed by atoms with Gasteiger partial charge in [-0.1, -0.05) is 32.1 Å². The lowest BCUT2D eigenvalue weighted by Gasteiger charge is -2.30. The SMILES string of the molecule is C=CCn1c(=O)c2cnc(Nc3ccc4c(c3)CN(CCN3CCCC3)CC4)nc2n1-c1cccc(C(C)(C)O)n1.CC. The topological polar surface area (TPSA) is 104 Å². The maximum absolute atomic E-state index is 13.3. The van der Waals surface area contributed by atoms with E-state index in [1.54, 1.807) is 42.9 Å². The van der Waals surface area contributed by atoms with E-state index in [4.69, 9.17) is 4.98 Å². The van der Waals surface area contributed by atoms with Crippen LogP contribution in [0.25, 0.3) is 16.9 Å². The molecule has 0 radical (unpaired) electrons. The molecule has 43 heavy (non-hydrogen) atoms. The number of benzene rings is 1. The predicted molar refractivity (Wildman–Crippen MR) is 172 cm³/mol. The molecule has 6 rings (SSSR count). The van der Waals surface area contributed by atoms with E-state index < -0.39 is 5.60 Å². The average Bonchev–Trinajstić information content (AvgIpc) is 3.63. The summed E-state index contributed by atoms with van der Waals surface area (Å²) in [4.78, 5) is 32.3.